The van der Waals surface area contributed by atoms with Crippen molar-refractivity contribution >= 4 is 12.6 Å². The quantitative estimate of drug-likeness (QED) is 0.379. The molecular formula is C18H20N2O3S. The molecule has 24 heavy (non-hydrogen) atoms. The van der Waals surface area contributed by atoms with Gasteiger partial charge in [0.2, 0.25) is 0 Å². The lowest BCUT2D eigenvalue weighted by molar-refractivity contribution is -0.0453. The van der Waals surface area contributed by atoms with Crippen LogP contribution in [-0.2, 0) is 11.8 Å². The van der Waals surface area contributed by atoms with Gasteiger partial charge in [0.05, 0.1) is 0 Å². The molecule has 5 atom stereocenters. The van der Waals surface area contributed by atoms with Gasteiger partial charge < -0.3 is 19.8 Å². The first-order valence-electron chi connectivity index (χ1n) is 8.16. The zero-order chi connectivity index (χ0) is 17.1. The minimum absolute atomic E-state index is 0.160. The summed E-state index contributed by atoms with van der Waals surface area (Å²) in [5.41, 5.74) is 2.29. The molecule has 6 heteroatoms. The number of phenolic OH excluding ortho intramolecular Hbond substituents is 1. The molecule has 0 unspecified atom stereocenters. The summed E-state index contributed by atoms with van der Waals surface area (Å²) in [6.45, 7) is 1.01. The zero-order valence-corrected chi connectivity index (χ0v) is 14.3. The molecule has 5 nitrogen and oxygen atoms in total. The predicted octanol–water partition coefficient (Wildman–Crippen LogP) is 1.60. The van der Waals surface area contributed by atoms with Crippen molar-refractivity contribution in [2.45, 2.75) is 36.5 Å². The average molecular weight is 344 g/mol. The van der Waals surface area contributed by atoms with Crippen LogP contribution in [-0.4, -0.2) is 47.0 Å². The van der Waals surface area contributed by atoms with Crippen molar-refractivity contribution in [2.75, 3.05) is 13.6 Å². The first-order valence-corrected chi connectivity index (χ1v) is 8.61. The second kappa shape index (κ2) is 5.41. The fourth-order valence-corrected chi connectivity index (χ4v) is 5.24. The lowest BCUT2D eigenvalue weighted by Gasteiger charge is -2.56. The van der Waals surface area contributed by atoms with Crippen LogP contribution in [0.3, 0.4) is 0 Å². The Labute approximate surface area is 146 Å². The number of thiocyanates is 1. The van der Waals surface area contributed by atoms with Crippen LogP contribution in [0.1, 0.15) is 17.5 Å². The number of rotatable bonds is 0. The van der Waals surface area contributed by atoms with Crippen molar-refractivity contribution in [3.8, 4) is 16.9 Å². The molecule has 0 saturated carbocycles. The SMILES string of the molecule is CN1CC[C@]23c4c5ccc(O)c4O[C@H]2[C@@H](O)C=C[C@H]3[C@H]1C5.N#CS. The Morgan fingerprint density at radius 3 is 2.92 bits per heavy atom. The molecule has 1 aromatic rings. The highest BCUT2D eigenvalue weighted by molar-refractivity contribution is 7.85. The van der Waals surface area contributed by atoms with Crippen molar-refractivity contribution in [1.82, 2.24) is 4.90 Å². The number of nitrogens with zero attached hydrogens (tertiary/aromatic N) is 2. The molecule has 2 aliphatic heterocycles. The molecule has 1 spiro atoms. The number of ether oxygens (including phenoxy) is 1. The first-order chi connectivity index (χ1) is 11.5. The van der Waals surface area contributed by atoms with Crippen molar-refractivity contribution in [2.24, 2.45) is 5.92 Å². The van der Waals surface area contributed by atoms with Gasteiger partial charge in [-0.25, -0.2) is 0 Å². The number of likely N-dealkylation sites (tertiary alicyclic amines) is 1. The number of piperidine rings is 1. The second-order valence-electron chi connectivity index (χ2n) is 7.03. The van der Waals surface area contributed by atoms with Gasteiger partial charge in [0.25, 0.3) is 0 Å². The van der Waals surface area contributed by atoms with Gasteiger partial charge in [0.15, 0.2) is 11.5 Å². The van der Waals surface area contributed by atoms with Gasteiger partial charge in [0.1, 0.15) is 17.6 Å². The fraction of sp³-hybridized carbons (Fsp3) is 0.500. The van der Waals surface area contributed by atoms with E-state index < -0.39 is 6.10 Å². The highest BCUT2D eigenvalue weighted by atomic mass is 32.1. The van der Waals surface area contributed by atoms with Gasteiger partial charge in [0, 0.05) is 22.9 Å². The lowest BCUT2D eigenvalue weighted by atomic mass is 9.53. The maximum atomic E-state index is 10.4. The summed E-state index contributed by atoms with van der Waals surface area (Å²) in [4.78, 5) is 2.43. The van der Waals surface area contributed by atoms with Crippen molar-refractivity contribution in [3.63, 3.8) is 0 Å². The number of phenols is 1. The van der Waals surface area contributed by atoms with Crippen LogP contribution in [0.4, 0.5) is 0 Å². The number of aromatic hydroxyl groups is 1. The Hall–Kier alpha value is -1.68. The number of nitriles is 1. The number of hydrogen-bond donors (Lipinski definition) is 3. The summed E-state index contributed by atoms with van der Waals surface area (Å²) in [5.74, 6) is 1.19. The van der Waals surface area contributed by atoms with Crippen molar-refractivity contribution < 1.29 is 14.9 Å². The van der Waals surface area contributed by atoms with E-state index in [4.69, 9.17) is 10.00 Å². The van der Waals surface area contributed by atoms with Crippen LogP contribution in [0, 0.1) is 16.6 Å². The summed E-state index contributed by atoms with van der Waals surface area (Å²) in [7, 11) is 2.19. The smallest absolute Gasteiger partial charge is 0.165 e. The third-order valence-electron chi connectivity index (χ3n) is 6.15. The minimum Gasteiger partial charge on any atom is -0.504 e. The molecule has 2 bridgehead atoms. The van der Waals surface area contributed by atoms with Gasteiger partial charge in [-0.3, -0.25) is 0 Å². The molecule has 0 aromatic heterocycles. The van der Waals surface area contributed by atoms with Crippen LogP contribution in [0.25, 0.3) is 0 Å². The molecule has 0 radical (unpaired) electrons. The molecule has 4 aliphatic rings. The third-order valence-corrected chi connectivity index (χ3v) is 6.15. The summed E-state index contributed by atoms with van der Waals surface area (Å²) in [5, 5.41) is 29.3. The van der Waals surface area contributed by atoms with Crippen LogP contribution in [0.15, 0.2) is 24.3 Å². The highest BCUT2D eigenvalue weighted by Crippen LogP contribution is 2.62. The van der Waals surface area contributed by atoms with E-state index in [1.165, 1.54) is 16.5 Å². The van der Waals surface area contributed by atoms with Gasteiger partial charge in [-0.2, -0.15) is 5.26 Å². The van der Waals surface area contributed by atoms with E-state index in [1.807, 2.05) is 12.1 Å². The van der Waals surface area contributed by atoms with E-state index in [-0.39, 0.29) is 17.3 Å². The average Bonchev–Trinajstić information content (AvgIpc) is 2.91. The number of likely N-dealkylation sites (N-methyl/N-ethyl adjacent to an activating group) is 1. The van der Waals surface area contributed by atoms with Gasteiger partial charge in [-0.1, -0.05) is 30.8 Å². The molecule has 0 amide bonds. The number of benzene rings is 1. The number of thiol groups is 1. The minimum atomic E-state index is -0.594. The molecule has 126 valence electrons. The van der Waals surface area contributed by atoms with Gasteiger partial charge >= 0.3 is 0 Å². The zero-order valence-electron chi connectivity index (χ0n) is 13.4. The molecule has 1 saturated heterocycles. The van der Waals surface area contributed by atoms with E-state index in [9.17, 15) is 10.2 Å². The summed E-state index contributed by atoms with van der Waals surface area (Å²) in [6, 6.07) is 4.23. The summed E-state index contributed by atoms with van der Waals surface area (Å²) >= 11 is 3.09. The van der Waals surface area contributed by atoms with Crippen LogP contribution < -0.4 is 4.74 Å². The van der Waals surface area contributed by atoms with Crippen molar-refractivity contribution in [1.29, 1.82) is 5.26 Å². The summed E-state index contributed by atoms with van der Waals surface area (Å²) < 4.78 is 6.09. The highest BCUT2D eigenvalue weighted by Gasteiger charge is 2.64. The van der Waals surface area contributed by atoms with E-state index >= 15 is 0 Å². The maximum absolute atomic E-state index is 10.4. The largest absolute Gasteiger partial charge is 0.504 e. The Morgan fingerprint density at radius 2 is 2.17 bits per heavy atom. The van der Waals surface area contributed by atoms with Crippen LogP contribution in [0.2, 0.25) is 0 Å². The molecule has 2 N–H and O–H groups in total. The standard InChI is InChI=1S/C17H19NO3.CHNS/c1-18-7-6-17-10-3-5-13(20)16(17)21-15-12(19)4-2-9(14(15)17)8-11(10)18;2-1-3/h2-5,10-11,13,16,19-20H,6-8H2,1H3;3H/t10-,11+,13-,16-,17-;/m0./s1. The maximum Gasteiger partial charge on any atom is 0.165 e. The van der Waals surface area contributed by atoms with E-state index in [2.05, 4.69) is 30.7 Å². The summed E-state index contributed by atoms with van der Waals surface area (Å²) in [6.07, 6.45) is 5.18. The molecule has 2 heterocycles. The number of aliphatic hydroxyl groups is 1. The van der Waals surface area contributed by atoms with Crippen LogP contribution >= 0.6 is 12.6 Å². The molecule has 5 rings (SSSR count). The Morgan fingerprint density at radius 1 is 1.42 bits per heavy atom. The van der Waals surface area contributed by atoms with E-state index in [1.54, 1.807) is 6.07 Å². The number of hydrogen-bond acceptors (Lipinski definition) is 6. The Bertz CT molecular complexity index is 759. The Balaban J connectivity index is 0.000000455. The molecule has 1 aromatic carbocycles. The monoisotopic (exact) mass is 344 g/mol. The molecule has 1 fully saturated rings. The molecule has 2 aliphatic carbocycles. The Kier molecular flexibility index (Phi) is 3.57. The van der Waals surface area contributed by atoms with Crippen LogP contribution in [0.5, 0.6) is 11.5 Å². The van der Waals surface area contributed by atoms with Gasteiger partial charge in [-0.15, -0.1) is 0 Å². The number of aliphatic hydroxyl groups excluding tert-OH is 1. The lowest BCUT2D eigenvalue weighted by Crippen LogP contribution is -2.64. The molecular weight excluding hydrogens is 324 g/mol. The first kappa shape index (κ1) is 15.8. The van der Waals surface area contributed by atoms with Crippen molar-refractivity contribution in [3.05, 3.63) is 35.4 Å². The van der Waals surface area contributed by atoms with E-state index in [0.717, 1.165) is 19.4 Å². The van der Waals surface area contributed by atoms with Gasteiger partial charge in [-0.05, 0) is 38.1 Å². The normalized spacial score (nSPS) is 37.6. The third kappa shape index (κ3) is 1.83. The topological polar surface area (TPSA) is 76.7 Å². The van der Waals surface area contributed by atoms with E-state index in [0.29, 0.717) is 17.7 Å². The predicted molar refractivity (Wildman–Crippen MR) is 92.2 cm³/mol. The second-order valence-corrected chi connectivity index (χ2v) is 7.23. The fourth-order valence-electron chi connectivity index (χ4n) is 5.24.